The Balaban J connectivity index is 2.25. The molecule has 0 nitrogen and oxygen atoms in total. The van der Waals surface area contributed by atoms with Gasteiger partial charge in [0.1, 0.15) is 0 Å². The summed E-state index contributed by atoms with van der Waals surface area (Å²) < 4.78 is 1.73. The topological polar surface area (TPSA) is 0 Å². The van der Waals surface area contributed by atoms with Crippen LogP contribution in [-0.2, 0) is 43.6 Å². The molecule has 0 N–H and O–H groups in total. The third-order valence-corrected chi connectivity index (χ3v) is 5.57. The van der Waals surface area contributed by atoms with Gasteiger partial charge in [0.25, 0.3) is 0 Å². The SMILES string of the molecule is CC(C)(C)C1=[C]([Hf])Cc2ccc3c(c21)CCC3. The molecule has 0 saturated heterocycles. The summed E-state index contributed by atoms with van der Waals surface area (Å²) in [7, 11) is 0. The van der Waals surface area contributed by atoms with Gasteiger partial charge in [0.15, 0.2) is 0 Å². The fourth-order valence-corrected chi connectivity index (χ4v) is 5.91. The van der Waals surface area contributed by atoms with Crippen molar-refractivity contribution in [2.75, 3.05) is 0 Å². The predicted octanol–water partition coefficient (Wildman–Crippen LogP) is 4.04. The van der Waals surface area contributed by atoms with Gasteiger partial charge in [0.05, 0.1) is 0 Å². The molecule has 1 aromatic carbocycles. The molecule has 0 amide bonds. The molecular weight excluding hydrogens is 371 g/mol. The number of hydrogen-bond acceptors (Lipinski definition) is 0. The first kappa shape index (κ1) is 11.9. The summed E-state index contributed by atoms with van der Waals surface area (Å²) in [5.74, 6) is 0. The molecule has 87 valence electrons. The van der Waals surface area contributed by atoms with Gasteiger partial charge in [-0.15, -0.1) is 0 Å². The van der Waals surface area contributed by atoms with Crippen LogP contribution in [0.15, 0.2) is 15.5 Å². The maximum absolute atomic E-state index is 2.40. The van der Waals surface area contributed by atoms with E-state index >= 15 is 0 Å². The van der Waals surface area contributed by atoms with Gasteiger partial charge < -0.3 is 0 Å². The summed E-state index contributed by atoms with van der Waals surface area (Å²) in [6.45, 7) is 7.14. The zero-order valence-electron chi connectivity index (χ0n) is 11.0. The summed E-state index contributed by atoms with van der Waals surface area (Å²) >= 11 is 1.22. The Kier molecular flexibility index (Phi) is 2.74. The summed E-state index contributed by atoms with van der Waals surface area (Å²) in [6, 6.07) is 4.79. The van der Waals surface area contributed by atoms with Crippen LogP contribution in [0, 0.1) is 5.41 Å². The van der Waals surface area contributed by atoms with Crippen molar-refractivity contribution < 1.29 is 24.4 Å². The fourth-order valence-electron chi connectivity index (χ4n) is 3.43. The molecule has 0 fully saturated rings. The van der Waals surface area contributed by atoms with E-state index in [1.165, 1.54) is 50.1 Å². The van der Waals surface area contributed by atoms with E-state index in [4.69, 9.17) is 0 Å². The molecule has 0 bridgehead atoms. The van der Waals surface area contributed by atoms with Crippen molar-refractivity contribution in [1.29, 1.82) is 0 Å². The third kappa shape index (κ3) is 1.82. The van der Waals surface area contributed by atoms with Gasteiger partial charge in [-0.05, 0) is 0 Å². The quantitative estimate of drug-likeness (QED) is 0.588. The van der Waals surface area contributed by atoms with E-state index in [2.05, 4.69) is 32.9 Å². The molecule has 1 aromatic rings. The second kappa shape index (κ2) is 3.91. The van der Waals surface area contributed by atoms with Gasteiger partial charge in [-0.1, -0.05) is 0 Å². The maximum atomic E-state index is 2.40. The first-order valence-electron chi connectivity index (χ1n) is 6.57. The van der Waals surface area contributed by atoms with Crippen molar-refractivity contribution in [2.24, 2.45) is 5.41 Å². The Labute approximate surface area is 119 Å². The van der Waals surface area contributed by atoms with Crippen LogP contribution in [0.25, 0.3) is 5.57 Å². The van der Waals surface area contributed by atoms with Crippen molar-refractivity contribution in [3.8, 4) is 0 Å². The zero-order valence-corrected chi connectivity index (χ0v) is 14.6. The normalized spacial score (nSPS) is 18.5. The molecule has 17 heavy (non-hydrogen) atoms. The number of benzene rings is 1. The van der Waals surface area contributed by atoms with Crippen LogP contribution >= 0.6 is 0 Å². The molecule has 1 heteroatoms. The molecule has 0 atom stereocenters. The molecule has 3 rings (SSSR count). The average Bonchev–Trinajstić information content (AvgIpc) is 2.76. The Morgan fingerprint density at radius 2 is 1.76 bits per heavy atom. The van der Waals surface area contributed by atoms with E-state index in [0.29, 0.717) is 5.41 Å². The zero-order chi connectivity index (χ0) is 12.2. The van der Waals surface area contributed by atoms with Crippen LogP contribution in [0.2, 0.25) is 0 Å². The van der Waals surface area contributed by atoms with Gasteiger partial charge in [-0.3, -0.25) is 0 Å². The van der Waals surface area contributed by atoms with Crippen LogP contribution in [0.4, 0.5) is 0 Å². The Hall–Kier alpha value is -0.170. The van der Waals surface area contributed by atoms with Crippen LogP contribution in [0.5, 0.6) is 0 Å². The Morgan fingerprint density at radius 1 is 1.06 bits per heavy atom. The minimum absolute atomic E-state index is 0.319. The summed E-state index contributed by atoms with van der Waals surface area (Å²) in [4.78, 5) is 0. The summed E-state index contributed by atoms with van der Waals surface area (Å²) in [6.07, 6.45) is 5.21. The molecule has 2 aliphatic rings. The van der Waals surface area contributed by atoms with E-state index in [1.54, 1.807) is 31.2 Å². The van der Waals surface area contributed by atoms with Crippen LogP contribution in [0.1, 0.15) is 49.4 Å². The second-order valence-corrected chi connectivity index (χ2v) is 8.54. The Morgan fingerprint density at radius 3 is 2.47 bits per heavy atom. The summed E-state index contributed by atoms with van der Waals surface area (Å²) in [5.41, 5.74) is 8.61. The molecule has 0 heterocycles. The van der Waals surface area contributed by atoms with Gasteiger partial charge >= 0.3 is 120 Å². The molecule has 0 radical (unpaired) electrons. The molecule has 0 saturated carbocycles. The predicted molar refractivity (Wildman–Crippen MR) is 68.5 cm³/mol. The third-order valence-electron chi connectivity index (χ3n) is 4.04. The van der Waals surface area contributed by atoms with E-state index in [9.17, 15) is 0 Å². The van der Waals surface area contributed by atoms with Gasteiger partial charge in [-0.2, -0.15) is 0 Å². The number of hydrogen-bond donors (Lipinski definition) is 0. The first-order chi connectivity index (χ1) is 7.98. The number of aryl methyl sites for hydroxylation is 1. The van der Waals surface area contributed by atoms with Crippen molar-refractivity contribution in [2.45, 2.75) is 46.5 Å². The van der Waals surface area contributed by atoms with Crippen LogP contribution in [0.3, 0.4) is 0 Å². The second-order valence-electron chi connectivity index (χ2n) is 6.37. The molecule has 0 aromatic heterocycles. The van der Waals surface area contributed by atoms with Crippen LogP contribution in [-0.4, -0.2) is 0 Å². The molecule has 2 aliphatic carbocycles. The fraction of sp³-hybridized carbons (Fsp3) is 0.500. The number of allylic oxidation sites excluding steroid dienone is 2. The van der Waals surface area contributed by atoms with Gasteiger partial charge in [-0.25, -0.2) is 0 Å². The minimum atomic E-state index is 0.319. The standard InChI is InChI=1S/C16H19.Hf/c1-16(2,3)14-10-9-12-8-7-11-5-4-6-13(11)15(12)14;/h7-8H,4-6,9H2,1-3H3;. The Bertz CT molecular complexity index is 515. The monoisotopic (exact) mass is 391 g/mol. The van der Waals surface area contributed by atoms with Gasteiger partial charge in [0, 0.05) is 0 Å². The van der Waals surface area contributed by atoms with Crippen LogP contribution < -0.4 is 0 Å². The molecular formula is C16H19Hf. The molecule has 0 spiro atoms. The van der Waals surface area contributed by atoms with Crippen molar-refractivity contribution >= 4 is 5.57 Å². The van der Waals surface area contributed by atoms with E-state index in [-0.39, 0.29) is 0 Å². The number of fused-ring (bicyclic) bond motifs is 3. The van der Waals surface area contributed by atoms with E-state index in [0.717, 1.165) is 0 Å². The van der Waals surface area contributed by atoms with E-state index in [1.807, 2.05) is 0 Å². The van der Waals surface area contributed by atoms with Crippen molar-refractivity contribution in [1.82, 2.24) is 0 Å². The average molecular weight is 390 g/mol. The van der Waals surface area contributed by atoms with E-state index < -0.39 is 0 Å². The molecule has 0 unspecified atom stereocenters. The van der Waals surface area contributed by atoms with Crippen molar-refractivity contribution in [3.63, 3.8) is 0 Å². The first-order valence-corrected chi connectivity index (χ1v) is 8.37. The van der Waals surface area contributed by atoms with Gasteiger partial charge in [0.2, 0.25) is 0 Å². The summed E-state index contributed by atoms with van der Waals surface area (Å²) in [5, 5.41) is 0. The van der Waals surface area contributed by atoms with Crippen molar-refractivity contribution in [3.05, 3.63) is 37.7 Å². The molecule has 0 aliphatic heterocycles. The number of rotatable bonds is 0.